The lowest BCUT2D eigenvalue weighted by Gasteiger charge is -2.30. The molecule has 1 aromatic carbocycles. The second-order valence-electron chi connectivity index (χ2n) is 6.94. The van der Waals surface area contributed by atoms with Gasteiger partial charge >= 0.3 is 0 Å². The SMILES string of the molecule is CN(C)CCCNc1cnc(C(=O)Nc2ccccc2N2CCOCC2)cn1. The molecule has 1 aromatic heterocycles. The minimum Gasteiger partial charge on any atom is -0.378 e. The summed E-state index contributed by atoms with van der Waals surface area (Å²) in [6.07, 6.45) is 4.11. The van der Waals surface area contributed by atoms with Gasteiger partial charge in [-0.2, -0.15) is 0 Å². The Labute approximate surface area is 165 Å². The topological polar surface area (TPSA) is 82.6 Å². The number of benzene rings is 1. The first-order chi connectivity index (χ1) is 13.6. The fraction of sp³-hybridized carbons (Fsp3) is 0.450. The van der Waals surface area contributed by atoms with Gasteiger partial charge in [0.15, 0.2) is 0 Å². The van der Waals surface area contributed by atoms with Crippen LogP contribution in [0.5, 0.6) is 0 Å². The van der Waals surface area contributed by atoms with Crippen LogP contribution in [0.25, 0.3) is 0 Å². The summed E-state index contributed by atoms with van der Waals surface area (Å²) in [7, 11) is 4.09. The monoisotopic (exact) mass is 384 g/mol. The molecular weight excluding hydrogens is 356 g/mol. The molecule has 0 aliphatic carbocycles. The molecule has 1 fully saturated rings. The Morgan fingerprint density at radius 2 is 1.96 bits per heavy atom. The lowest BCUT2D eigenvalue weighted by Crippen LogP contribution is -2.36. The van der Waals surface area contributed by atoms with E-state index in [9.17, 15) is 4.79 Å². The van der Waals surface area contributed by atoms with Crippen molar-refractivity contribution in [3.63, 3.8) is 0 Å². The van der Waals surface area contributed by atoms with Gasteiger partial charge in [0.1, 0.15) is 11.5 Å². The third-order valence-electron chi connectivity index (χ3n) is 4.48. The fourth-order valence-electron chi connectivity index (χ4n) is 2.99. The summed E-state index contributed by atoms with van der Waals surface area (Å²) in [4.78, 5) is 25.5. The smallest absolute Gasteiger partial charge is 0.275 e. The number of ether oxygens (including phenoxy) is 1. The molecular formula is C20H28N6O2. The van der Waals surface area contributed by atoms with Crippen LogP contribution in [0.1, 0.15) is 16.9 Å². The highest BCUT2D eigenvalue weighted by Gasteiger charge is 2.17. The van der Waals surface area contributed by atoms with Crippen molar-refractivity contribution in [3.8, 4) is 0 Å². The molecule has 1 amide bonds. The first-order valence-corrected chi connectivity index (χ1v) is 9.57. The quantitative estimate of drug-likeness (QED) is 0.673. The molecule has 8 heteroatoms. The number of amides is 1. The second kappa shape index (κ2) is 10.0. The molecule has 2 heterocycles. The van der Waals surface area contributed by atoms with Gasteiger partial charge in [-0.15, -0.1) is 0 Å². The van der Waals surface area contributed by atoms with Gasteiger partial charge in [-0.05, 0) is 39.2 Å². The van der Waals surface area contributed by atoms with Crippen LogP contribution in [0.4, 0.5) is 17.2 Å². The molecule has 8 nitrogen and oxygen atoms in total. The zero-order valence-corrected chi connectivity index (χ0v) is 16.5. The standard InChI is InChI=1S/C20H28N6O2/c1-25(2)9-5-8-21-19-15-22-17(14-23-19)20(27)24-16-6-3-4-7-18(16)26-10-12-28-13-11-26/h3-4,6-7,14-15H,5,8-13H2,1-2H3,(H,21,23)(H,24,27). The minimum atomic E-state index is -0.271. The molecule has 1 aliphatic rings. The zero-order valence-electron chi connectivity index (χ0n) is 16.5. The van der Waals surface area contributed by atoms with Crippen molar-refractivity contribution < 1.29 is 9.53 Å². The Morgan fingerprint density at radius 3 is 2.68 bits per heavy atom. The van der Waals surface area contributed by atoms with Gasteiger partial charge < -0.3 is 25.2 Å². The molecule has 2 N–H and O–H groups in total. The third-order valence-corrected chi connectivity index (χ3v) is 4.48. The maximum absolute atomic E-state index is 12.6. The van der Waals surface area contributed by atoms with Gasteiger partial charge in [0.25, 0.3) is 5.91 Å². The number of carbonyl (C=O) groups is 1. The zero-order chi connectivity index (χ0) is 19.8. The average molecular weight is 384 g/mol. The Kier molecular flexibility index (Phi) is 7.16. The second-order valence-corrected chi connectivity index (χ2v) is 6.94. The van der Waals surface area contributed by atoms with Crippen LogP contribution in [0, 0.1) is 0 Å². The van der Waals surface area contributed by atoms with Crippen molar-refractivity contribution >= 4 is 23.1 Å². The van der Waals surface area contributed by atoms with Crippen molar-refractivity contribution in [2.24, 2.45) is 0 Å². The summed E-state index contributed by atoms with van der Waals surface area (Å²) in [6.45, 7) is 4.81. The van der Waals surface area contributed by atoms with Crippen LogP contribution in [-0.2, 0) is 4.74 Å². The number of nitrogens with one attached hydrogen (secondary N) is 2. The van der Waals surface area contributed by atoms with Gasteiger partial charge in [0.05, 0.1) is 37.0 Å². The van der Waals surface area contributed by atoms with Crippen LogP contribution in [0.3, 0.4) is 0 Å². The van der Waals surface area contributed by atoms with Gasteiger partial charge in [-0.25, -0.2) is 9.97 Å². The van der Waals surface area contributed by atoms with E-state index >= 15 is 0 Å². The van der Waals surface area contributed by atoms with Crippen molar-refractivity contribution in [3.05, 3.63) is 42.4 Å². The summed E-state index contributed by atoms with van der Waals surface area (Å²) in [6, 6.07) is 7.78. The number of para-hydroxylation sites is 2. The Morgan fingerprint density at radius 1 is 1.18 bits per heavy atom. The van der Waals surface area contributed by atoms with E-state index in [2.05, 4.69) is 30.4 Å². The van der Waals surface area contributed by atoms with E-state index in [1.54, 1.807) is 6.20 Å². The van der Waals surface area contributed by atoms with Crippen molar-refractivity contribution in [2.45, 2.75) is 6.42 Å². The molecule has 0 spiro atoms. The van der Waals surface area contributed by atoms with E-state index in [0.717, 1.165) is 44.0 Å². The normalized spacial score (nSPS) is 14.2. The summed E-state index contributed by atoms with van der Waals surface area (Å²) >= 11 is 0. The predicted octanol–water partition coefficient (Wildman–Crippen LogP) is 1.93. The fourth-order valence-corrected chi connectivity index (χ4v) is 2.99. The summed E-state index contributed by atoms with van der Waals surface area (Å²) in [5.74, 6) is 0.399. The van der Waals surface area contributed by atoms with Crippen molar-refractivity contribution in [2.75, 3.05) is 69.0 Å². The van der Waals surface area contributed by atoms with Gasteiger partial charge in [-0.3, -0.25) is 4.79 Å². The number of hydrogen-bond acceptors (Lipinski definition) is 7. The highest BCUT2D eigenvalue weighted by atomic mass is 16.5. The van der Waals surface area contributed by atoms with E-state index in [1.165, 1.54) is 6.20 Å². The molecule has 3 rings (SSSR count). The molecule has 2 aromatic rings. The first-order valence-electron chi connectivity index (χ1n) is 9.57. The molecule has 0 atom stereocenters. The number of carbonyl (C=O) groups excluding carboxylic acids is 1. The Hall–Kier alpha value is -2.71. The van der Waals surface area contributed by atoms with Crippen molar-refractivity contribution in [1.82, 2.24) is 14.9 Å². The number of hydrogen-bond donors (Lipinski definition) is 2. The van der Waals surface area contributed by atoms with E-state index in [4.69, 9.17) is 4.74 Å². The third kappa shape index (κ3) is 5.64. The highest BCUT2D eigenvalue weighted by Crippen LogP contribution is 2.26. The molecule has 0 bridgehead atoms. The van der Waals surface area contributed by atoms with Crippen LogP contribution < -0.4 is 15.5 Å². The van der Waals surface area contributed by atoms with E-state index in [-0.39, 0.29) is 11.6 Å². The van der Waals surface area contributed by atoms with Crippen LogP contribution in [0.2, 0.25) is 0 Å². The van der Waals surface area contributed by atoms with E-state index in [1.807, 2.05) is 38.4 Å². The van der Waals surface area contributed by atoms with Crippen molar-refractivity contribution in [1.29, 1.82) is 0 Å². The Balaban J connectivity index is 1.59. The molecule has 28 heavy (non-hydrogen) atoms. The predicted molar refractivity (Wildman–Crippen MR) is 111 cm³/mol. The molecule has 1 aliphatic heterocycles. The van der Waals surface area contributed by atoms with Crippen LogP contribution in [0.15, 0.2) is 36.7 Å². The molecule has 0 radical (unpaired) electrons. The molecule has 0 unspecified atom stereocenters. The number of nitrogens with zero attached hydrogens (tertiary/aromatic N) is 4. The molecule has 150 valence electrons. The summed E-state index contributed by atoms with van der Waals surface area (Å²) < 4.78 is 5.41. The molecule has 0 saturated carbocycles. The lowest BCUT2D eigenvalue weighted by atomic mass is 10.2. The summed E-state index contributed by atoms with van der Waals surface area (Å²) in [5.41, 5.74) is 2.05. The largest absolute Gasteiger partial charge is 0.378 e. The number of morpholine rings is 1. The van der Waals surface area contributed by atoms with E-state index < -0.39 is 0 Å². The number of aromatic nitrogens is 2. The first kappa shape index (κ1) is 20.0. The maximum atomic E-state index is 12.6. The number of anilines is 3. The summed E-state index contributed by atoms with van der Waals surface area (Å²) in [5, 5.41) is 6.18. The Bertz CT molecular complexity index is 760. The average Bonchev–Trinajstić information content (AvgIpc) is 2.72. The van der Waals surface area contributed by atoms with Gasteiger partial charge in [0.2, 0.25) is 0 Å². The number of rotatable bonds is 8. The molecule has 1 saturated heterocycles. The minimum absolute atomic E-state index is 0.271. The lowest BCUT2D eigenvalue weighted by molar-refractivity contribution is 0.102. The van der Waals surface area contributed by atoms with Crippen LogP contribution >= 0.6 is 0 Å². The van der Waals surface area contributed by atoms with E-state index in [0.29, 0.717) is 19.0 Å². The maximum Gasteiger partial charge on any atom is 0.275 e. The van der Waals surface area contributed by atoms with Gasteiger partial charge in [-0.1, -0.05) is 12.1 Å². The van der Waals surface area contributed by atoms with Crippen LogP contribution in [-0.4, -0.2) is 74.3 Å². The highest BCUT2D eigenvalue weighted by molar-refractivity contribution is 6.04. The van der Waals surface area contributed by atoms with Gasteiger partial charge in [0, 0.05) is 19.6 Å².